The Morgan fingerprint density at radius 3 is 3.00 bits per heavy atom. The lowest BCUT2D eigenvalue weighted by atomic mass is 10.2. The topological polar surface area (TPSA) is 12.0 Å². The Morgan fingerprint density at radius 2 is 2.12 bits per heavy atom. The maximum Gasteiger partial charge on any atom is 0.101 e. The summed E-state index contributed by atoms with van der Waals surface area (Å²) in [6, 6.07) is 0. The second-order valence-electron chi connectivity index (χ2n) is 2.28. The van der Waals surface area contributed by atoms with Gasteiger partial charge in [-0.15, -0.1) is 0 Å². The molecular formula is C6H12FN. The van der Waals surface area contributed by atoms with E-state index in [1.807, 2.05) is 0 Å². The minimum absolute atomic E-state index is 0.537. The van der Waals surface area contributed by atoms with Crippen LogP contribution in [0.3, 0.4) is 0 Å². The summed E-state index contributed by atoms with van der Waals surface area (Å²) in [6.07, 6.45) is 1.93. The monoisotopic (exact) mass is 117 g/mol. The molecule has 48 valence electrons. The Morgan fingerprint density at radius 1 is 1.25 bits per heavy atom. The van der Waals surface area contributed by atoms with Crippen molar-refractivity contribution in [2.45, 2.75) is 25.4 Å². The third-order valence-electron chi connectivity index (χ3n) is 1.51. The quantitative estimate of drug-likeness (QED) is 0.501. The summed E-state index contributed by atoms with van der Waals surface area (Å²) in [5.74, 6) is 0. The maximum atomic E-state index is 12.4. The van der Waals surface area contributed by atoms with E-state index in [9.17, 15) is 4.39 Å². The number of alkyl halides is 1. The Kier molecular flexibility index (Phi) is 2.27. The molecular weight excluding hydrogens is 105 g/mol. The Labute approximate surface area is 49.3 Å². The molecule has 0 aromatic heterocycles. The highest BCUT2D eigenvalue weighted by atomic mass is 19.1. The van der Waals surface area contributed by atoms with Crippen LogP contribution >= 0.6 is 0 Å². The SMILES string of the molecule is FC1CCCNCC1. The minimum Gasteiger partial charge on any atom is -0.317 e. The normalized spacial score (nSPS) is 31.9. The molecule has 1 aliphatic heterocycles. The van der Waals surface area contributed by atoms with Crippen LogP contribution in [0.25, 0.3) is 0 Å². The van der Waals surface area contributed by atoms with Gasteiger partial charge >= 0.3 is 0 Å². The smallest absolute Gasteiger partial charge is 0.101 e. The molecule has 0 spiro atoms. The number of nitrogens with one attached hydrogen (secondary N) is 1. The number of hydrogen-bond acceptors (Lipinski definition) is 1. The molecule has 0 saturated carbocycles. The van der Waals surface area contributed by atoms with Crippen molar-refractivity contribution >= 4 is 0 Å². The van der Waals surface area contributed by atoms with Gasteiger partial charge in [0.1, 0.15) is 6.17 Å². The maximum absolute atomic E-state index is 12.4. The highest BCUT2D eigenvalue weighted by Gasteiger charge is 2.08. The first kappa shape index (κ1) is 6.02. The molecule has 1 N–H and O–H groups in total. The molecule has 1 atom stereocenters. The standard InChI is InChI=1S/C6H12FN/c7-6-2-1-4-8-5-3-6/h6,8H,1-5H2. The molecule has 1 saturated heterocycles. The first-order valence-electron chi connectivity index (χ1n) is 3.24. The molecule has 0 aromatic carbocycles. The van der Waals surface area contributed by atoms with Crippen LogP contribution in [-0.2, 0) is 0 Å². The van der Waals surface area contributed by atoms with Gasteiger partial charge in [-0.2, -0.15) is 0 Å². The molecule has 0 radical (unpaired) electrons. The summed E-state index contributed by atoms with van der Waals surface area (Å²) in [7, 11) is 0. The van der Waals surface area contributed by atoms with E-state index < -0.39 is 6.17 Å². The van der Waals surface area contributed by atoms with E-state index in [-0.39, 0.29) is 0 Å². The highest BCUT2D eigenvalue weighted by Crippen LogP contribution is 2.07. The molecule has 1 unspecified atom stereocenters. The summed E-state index contributed by atoms with van der Waals surface area (Å²) in [4.78, 5) is 0. The van der Waals surface area contributed by atoms with Crippen molar-refractivity contribution in [1.82, 2.24) is 5.32 Å². The van der Waals surface area contributed by atoms with Crippen molar-refractivity contribution in [3.63, 3.8) is 0 Å². The predicted molar refractivity (Wildman–Crippen MR) is 31.6 cm³/mol. The van der Waals surface area contributed by atoms with Crippen LogP contribution in [0.4, 0.5) is 4.39 Å². The van der Waals surface area contributed by atoms with Gasteiger partial charge in [0.25, 0.3) is 0 Å². The van der Waals surface area contributed by atoms with Gasteiger partial charge in [0.2, 0.25) is 0 Å². The molecule has 1 aliphatic rings. The summed E-state index contributed by atoms with van der Waals surface area (Å²) in [5, 5.41) is 3.14. The fourth-order valence-electron chi connectivity index (χ4n) is 0.977. The zero-order valence-electron chi connectivity index (χ0n) is 4.99. The van der Waals surface area contributed by atoms with E-state index in [1.54, 1.807) is 0 Å². The lowest BCUT2D eigenvalue weighted by Gasteiger charge is -1.98. The first-order valence-corrected chi connectivity index (χ1v) is 3.24. The third-order valence-corrected chi connectivity index (χ3v) is 1.51. The second-order valence-corrected chi connectivity index (χ2v) is 2.28. The van der Waals surface area contributed by atoms with Crippen LogP contribution in [0.2, 0.25) is 0 Å². The average Bonchev–Trinajstić information content (AvgIpc) is 1.94. The van der Waals surface area contributed by atoms with Crippen LogP contribution < -0.4 is 5.32 Å². The molecule has 0 aromatic rings. The zero-order valence-corrected chi connectivity index (χ0v) is 4.99. The van der Waals surface area contributed by atoms with Gasteiger partial charge < -0.3 is 5.32 Å². The van der Waals surface area contributed by atoms with E-state index in [1.165, 1.54) is 0 Å². The Bertz CT molecular complexity index is 57.5. The summed E-state index contributed by atoms with van der Waals surface area (Å²) < 4.78 is 12.4. The van der Waals surface area contributed by atoms with E-state index in [0.717, 1.165) is 25.9 Å². The fourth-order valence-corrected chi connectivity index (χ4v) is 0.977. The van der Waals surface area contributed by atoms with Crippen LogP contribution in [0.1, 0.15) is 19.3 Å². The van der Waals surface area contributed by atoms with Crippen LogP contribution in [-0.4, -0.2) is 19.3 Å². The van der Waals surface area contributed by atoms with Gasteiger partial charge in [0.05, 0.1) is 0 Å². The molecule has 0 amide bonds. The number of hydrogen-bond donors (Lipinski definition) is 1. The van der Waals surface area contributed by atoms with E-state index >= 15 is 0 Å². The van der Waals surface area contributed by atoms with Crippen molar-refractivity contribution < 1.29 is 4.39 Å². The van der Waals surface area contributed by atoms with Crippen molar-refractivity contribution in [3.05, 3.63) is 0 Å². The van der Waals surface area contributed by atoms with Gasteiger partial charge in [-0.1, -0.05) is 0 Å². The Hall–Kier alpha value is -0.110. The van der Waals surface area contributed by atoms with Crippen LogP contribution in [0.5, 0.6) is 0 Å². The minimum atomic E-state index is -0.537. The molecule has 8 heavy (non-hydrogen) atoms. The average molecular weight is 117 g/mol. The zero-order chi connectivity index (χ0) is 5.82. The third kappa shape index (κ3) is 1.78. The molecule has 2 heteroatoms. The van der Waals surface area contributed by atoms with Crippen molar-refractivity contribution in [2.75, 3.05) is 13.1 Å². The van der Waals surface area contributed by atoms with E-state index in [0.29, 0.717) is 6.42 Å². The number of halogens is 1. The summed E-state index contributed by atoms with van der Waals surface area (Å²) >= 11 is 0. The van der Waals surface area contributed by atoms with Crippen LogP contribution in [0.15, 0.2) is 0 Å². The molecule has 1 rings (SSSR count). The van der Waals surface area contributed by atoms with Gasteiger partial charge in [0.15, 0.2) is 0 Å². The first-order chi connectivity index (χ1) is 3.89. The molecule has 0 bridgehead atoms. The molecule has 0 aliphatic carbocycles. The Balaban J connectivity index is 2.17. The number of rotatable bonds is 0. The lowest BCUT2D eigenvalue weighted by molar-refractivity contribution is 0.307. The second kappa shape index (κ2) is 3.02. The van der Waals surface area contributed by atoms with Crippen molar-refractivity contribution in [2.24, 2.45) is 0 Å². The van der Waals surface area contributed by atoms with Crippen molar-refractivity contribution in [1.29, 1.82) is 0 Å². The van der Waals surface area contributed by atoms with Gasteiger partial charge in [-0.3, -0.25) is 0 Å². The van der Waals surface area contributed by atoms with E-state index in [2.05, 4.69) is 5.32 Å². The largest absolute Gasteiger partial charge is 0.317 e. The highest BCUT2D eigenvalue weighted by molar-refractivity contribution is 4.63. The lowest BCUT2D eigenvalue weighted by Crippen LogP contribution is -2.14. The summed E-state index contributed by atoms with van der Waals surface area (Å²) in [6.45, 7) is 1.86. The van der Waals surface area contributed by atoms with Gasteiger partial charge in [-0.05, 0) is 32.4 Å². The molecule has 1 nitrogen and oxygen atoms in total. The fraction of sp³-hybridized carbons (Fsp3) is 1.00. The van der Waals surface area contributed by atoms with E-state index in [4.69, 9.17) is 0 Å². The molecule has 1 fully saturated rings. The van der Waals surface area contributed by atoms with Crippen molar-refractivity contribution in [3.8, 4) is 0 Å². The molecule has 1 heterocycles. The van der Waals surface area contributed by atoms with Gasteiger partial charge in [-0.25, -0.2) is 4.39 Å². The predicted octanol–water partition coefficient (Wildman–Crippen LogP) is 1.10. The van der Waals surface area contributed by atoms with Crippen LogP contribution in [0, 0.1) is 0 Å². The van der Waals surface area contributed by atoms with Gasteiger partial charge in [0, 0.05) is 0 Å². The summed E-state index contributed by atoms with van der Waals surface area (Å²) in [5.41, 5.74) is 0.